The van der Waals surface area contributed by atoms with Crippen LogP contribution in [0.25, 0.3) is 23.0 Å². The van der Waals surface area contributed by atoms with Gasteiger partial charge >= 0.3 is 0 Å². The van der Waals surface area contributed by atoms with Crippen LogP contribution < -0.4 is 5.73 Å². The third-order valence-electron chi connectivity index (χ3n) is 2.67. The molecule has 7 heteroatoms. The van der Waals surface area contributed by atoms with Crippen molar-refractivity contribution >= 4 is 21.6 Å². The van der Waals surface area contributed by atoms with Crippen molar-refractivity contribution in [2.75, 3.05) is 5.73 Å². The first-order valence-corrected chi connectivity index (χ1v) is 6.62. The van der Waals surface area contributed by atoms with Crippen LogP contribution in [0.4, 0.5) is 5.69 Å². The Morgan fingerprint density at radius 1 is 1.20 bits per heavy atom. The predicted molar refractivity (Wildman–Crippen MR) is 77.6 cm³/mol. The van der Waals surface area contributed by atoms with Crippen LogP contribution in [0.1, 0.15) is 5.82 Å². The van der Waals surface area contributed by atoms with E-state index >= 15 is 0 Å². The molecule has 3 rings (SSSR count). The molecule has 2 heterocycles. The summed E-state index contributed by atoms with van der Waals surface area (Å²) in [5, 5.41) is 3.93. The zero-order valence-corrected chi connectivity index (χ0v) is 12.1. The molecule has 0 radical (unpaired) electrons. The number of nitrogen functional groups attached to an aromatic ring is 1. The molecule has 3 aromatic rings. The molecular weight excluding hydrogens is 322 g/mol. The van der Waals surface area contributed by atoms with E-state index in [0.29, 0.717) is 28.9 Å². The number of rotatable bonds is 2. The lowest BCUT2D eigenvalue weighted by Crippen LogP contribution is -1.91. The fourth-order valence-electron chi connectivity index (χ4n) is 1.70. The van der Waals surface area contributed by atoms with Gasteiger partial charge in [-0.1, -0.05) is 5.16 Å². The number of nitrogens with zero attached hydrogens (tertiary/aromatic N) is 4. The monoisotopic (exact) mass is 331 g/mol. The van der Waals surface area contributed by atoms with Crippen molar-refractivity contribution in [3.05, 3.63) is 40.8 Å². The van der Waals surface area contributed by atoms with E-state index in [9.17, 15) is 0 Å². The summed E-state index contributed by atoms with van der Waals surface area (Å²) in [7, 11) is 0. The number of hydrogen-bond donors (Lipinski definition) is 1. The molecule has 2 aromatic heterocycles. The number of halogens is 1. The van der Waals surface area contributed by atoms with Crippen LogP contribution in [-0.2, 0) is 0 Å². The van der Waals surface area contributed by atoms with Crippen LogP contribution in [0.3, 0.4) is 0 Å². The second-order valence-corrected chi connectivity index (χ2v) is 5.00. The van der Waals surface area contributed by atoms with E-state index in [1.165, 1.54) is 0 Å². The van der Waals surface area contributed by atoms with Crippen LogP contribution in [0.2, 0.25) is 0 Å². The molecule has 0 amide bonds. The molecule has 0 unspecified atom stereocenters. The molecule has 6 nitrogen and oxygen atoms in total. The van der Waals surface area contributed by atoms with Crippen LogP contribution >= 0.6 is 15.9 Å². The maximum absolute atomic E-state index is 5.84. The number of aromatic nitrogens is 4. The quantitative estimate of drug-likeness (QED) is 0.726. The van der Waals surface area contributed by atoms with Gasteiger partial charge in [-0.3, -0.25) is 0 Å². The highest BCUT2D eigenvalue weighted by Gasteiger charge is 2.12. The van der Waals surface area contributed by atoms with Gasteiger partial charge in [0.05, 0.1) is 0 Å². The van der Waals surface area contributed by atoms with Crippen LogP contribution in [-0.4, -0.2) is 20.1 Å². The minimum Gasteiger partial charge on any atom is -0.398 e. The second-order valence-electron chi connectivity index (χ2n) is 4.15. The molecule has 2 N–H and O–H groups in total. The predicted octanol–water partition coefficient (Wildman–Crippen LogP) is 2.85. The minimum atomic E-state index is 0.399. The fourth-order valence-corrected chi connectivity index (χ4v) is 1.95. The standard InChI is InChI=1S/C13H10BrN5O/c1-7-16-5-4-11(17-7)12-18-13(20-19-12)8-2-3-9(14)10(15)6-8/h2-6H,15H2,1H3. The first kappa shape index (κ1) is 12.7. The van der Waals surface area contributed by atoms with Gasteiger partial charge in [-0.2, -0.15) is 4.98 Å². The Balaban J connectivity index is 1.99. The Morgan fingerprint density at radius 2 is 2.05 bits per heavy atom. The van der Waals surface area contributed by atoms with Crippen LogP contribution in [0, 0.1) is 6.92 Å². The van der Waals surface area contributed by atoms with Gasteiger partial charge in [-0.15, -0.1) is 0 Å². The average molecular weight is 332 g/mol. The SMILES string of the molecule is Cc1nccc(-c2noc(-c3ccc(Br)c(N)c3)n2)n1. The molecule has 0 bridgehead atoms. The lowest BCUT2D eigenvalue weighted by molar-refractivity contribution is 0.432. The summed E-state index contributed by atoms with van der Waals surface area (Å²) in [5.74, 6) is 1.48. The van der Waals surface area contributed by atoms with Gasteiger partial charge in [0.25, 0.3) is 5.89 Å². The normalized spacial score (nSPS) is 10.7. The number of hydrogen-bond acceptors (Lipinski definition) is 6. The van der Waals surface area contributed by atoms with Gasteiger partial charge in [-0.25, -0.2) is 9.97 Å². The fraction of sp³-hybridized carbons (Fsp3) is 0.0769. The summed E-state index contributed by atoms with van der Waals surface area (Å²) in [6, 6.07) is 7.19. The largest absolute Gasteiger partial charge is 0.398 e. The summed E-state index contributed by atoms with van der Waals surface area (Å²) >= 11 is 3.34. The van der Waals surface area contributed by atoms with E-state index in [1.54, 1.807) is 25.3 Å². The van der Waals surface area contributed by atoms with Crippen LogP contribution in [0.5, 0.6) is 0 Å². The molecule has 0 atom stereocenters. The summed E-state index contributed by atoms with van der Waals surface area (Å²) < 4.78 is 6.07. The summed E-state index contributed by atoms with van der Waals surface area (Å²) in [6.45, 7) is 1.81. The van der Waals surface area contributed by atoms with E-state index in [0.717, 1.165) is 10.0 Å². The molecule has 20 heavy (non-hydrogen) atoms. The van der Waals surface area contributed by atoms with E-state index in [4.69, 9.17) is 10.3 Å². The van der Waals surface area contributed by atoms with E-state index < -0.39 is 0 Å². The number of nitrogens with two attached hydrogens (primary N) is 1. The maximum Gasteiger partial charge on any atom is 0.258 e. The molecule has 0 aliphatic heterocycles. The van der Waals surface area contributed by atoms with Crippen molar-refractivity contribution < 1.29 is 4.52 Å². The van der Waals surface area contributed by atoms with Crippen molar-refractivity contribution in [1.29, 1.82) is 0 Å². The number of anilines is 1. The molecule has 100 valence electrons. The van der Waals surface area contributed by atoms with Gasteiger partial charge in [0.2, 0.25) is 5.82 Å². The molecule has 0 aliphatic rings. The summed E-state index contributed by atoms with van der Waals surface area (Å²) in [5.41, 5.74) is 7.83. The van der Waals surface area contributed by atoms with E-state index in [1.807, 2.05) is 12.1 Å². The zero-order chi connectivity index (χ0) is 14.1. The molecule has 0 spiro atoms. The summed E-state index contributed by atoms with van der Waals surface area (Å²) in [6.07, 6.45) is 1.66. The van der Waals surface area contributed by atoms with E-state index in [-0.39, 0.29) is 0 Å². The molecular formula is C13H10BrN5O. The molecule has 0 saturated heterocycles. The van der Waals surface area contributed by atoms with Crippen molar-refractivity contribution in [2.45, 2.75) is 6.92 Å². The Morgan fingerprint density at radius 3 is 2.80 bits per heavy atom. The molecule has 0 aliphatic carbocycles. The zero-order valence-electron chi connectivity index (χ0n) is 10.5. The lowest BCUT2D eigenvalue weighted by Gasteiger charge is -1.99. The van der Waals surface area contributed by atoms with Gasteiger partial charge in [-0.05, 0) is 47.1 Å². The third-order valence-corrected chi connectivity index (χ3v) is 3.40. The van der Waals surface area contributed by atoms with Gasteiger partial charge < -0.3 is 10.3 Å². The number of aryl methyl sites for hydroxylation is 1. The Bertz CT molecular complexity index is 771. The lowest BCUT2D eigenvalue weighted by atomic mass is 10.2. The Labute approximate surface area is 123 Å². The maximum atomic E-state index is 5.84. The van der Waals surface area contributed by atoms with Crippen molar-refractivity contribution in [3.8, 4) is 23.0 Å². The highest BCUT2D eigenvalue weighted by atomic mass is 79.9. The first-order chi connectivity index (χ1) is 9.63. The first-order valence-electron chi connectivity index (χ1n) is 5.82. The second kappa shape index (κ2) is 5.01. The summed E-state index contributed by atoms with van der Waals surface area (Å²) in [4.78, 5) is 12.6. The Kier molecular flexibility index (Phi) is 3.19. The third kappa shape index (κ3) is 2.39. The molecule has 1 aromatic carbocycles. The van der Waals surface area contributed by atoms with Gasteiger partial charge in [0.15, 0.2) is 0 Å². The highest BCUT2D eigenvalue weighted by Crippen LogP contribution is 2.27. The Hall–Kier alpha value is -2.28. The van der Waals surface area contributed by atoms with E-state index in [2.05, 4.69) is 36.0 Å². The minimum absolute atomic E-state index is 0.399. The average Bonchev–Trinajstić information content (AvgIpc) is 2.92. The topological polar surface area (TPSA) is 90.7 Å². The van der Waals surface area contributed by atoms with Crippen molar-refractivity contribution in [1.82, 2.24) is 20.1 Å². The smallest absolute Gasteiger partial charge is 0.258 e. The van der Waals surface area contributed by atoms with Gasteiger partial charge in [0, 0.05) is 21.9 Å². The number of benzene rings is 1. The molecule has 0 fully saturated rings. The molecule has 0 saturated carbocycles. The van der Waals surface area contributed by atoms with Crippen LogP contribution in [0.15, 0.2) is 39.5 Å². The van der Waals surface area contributed by atoms with Crippen molar-refractivity contribution in [2.24, 2.45) is 0 Å². The van der Waals surface area contributed by atoms with Gasteiger partial charge in [0.1, 0.15) is 11.5 Å². The highest BCUT2D eigenvalue weighted by molar-refractivity contribution is 9.10. The van der Waals surface area contributed by atoms with Crippen molar-refractivity contribution in [3.63, 3.8) is 0 Å².